The third-order valence-electron chi connectivity index (χ3n) is 10.1. The zero-order valence-electron chi connectivity index (χ0n) is 24.9. The molecule has 0 saturated carbocycles. The molecule has 0 radical (unpaired) electrons. The second kappa shape index (κ2) is 10.9. The number of phenolic OH excluding ortho intramolecular Hbond substituents is 1. The van der Waals surface area contributed by atoms with Crippen LogP contribution < -0.4 is 15.0 Å². The summed E-state index contributed by atoms with van der Waals surface area (Å²) in [7, 11) is 0. The summed E-state index contributed by atoms with van der Waals surface area (Å²) >= 11 is 0. The standard InChI is InChI=1S/C33H31F4N7O2/c34-21-7-6-17-12-18(45)13-19(25(17)20(21)14-38)28-27(36)29-26-22(39-28)4-1-5-23-30(37)40-24(35)15-44(23)31(26)42-32(41-29)46-16-33-8-2-10-43(33)11-3-9-33/h6-7,12-13,23-24,30,40,45H,1-5,8-11,15-16H2. The van der Waals surface area contributed by atoms with Crippen LogP contribution in [0.25, 0.3) is 32.9 Å². The Bertz CT molecular complexity index is 1920. The van der Waals surface area contributed by atoms with Crippen molar-refractivity contribution in [3.63, 3.8) is 0 Å². The molecule has 3 unspecified atom stereocenters. The minimum absolute atomic E-state index is 0.0190. The average molecular weight is 634 g/mol. The largest absolute Gasteiger partial charge is 0.508 e. The van der Waals surface area contributed by atoms with E-state index >= 15 is 8.78 Å². The molecule has 2 aromatic heterocycles. The first kappa shape index (κ1) is 29.1. The van der Waals surface area contributed by atoms with E-state index in [9.17, 15) is 19.1 Å². The topological polar surface area (TPSA) is 110 Å². The van der Waals surface area contributed by atoms with Crippen molar-refractivity contribution >= 4 is 27.5 Å². The Balaban J connectivity index is 1.36. The van der Waals surface area contributed by atoms with Crippen LogP contribution in [-0.2, 0) is 6.42 Å². The number of nitriles is 1. The quantitative estimate of drug-likeness (QED) is 0.225. The van der Waals surface area contributed by atoms with E-state index in [1.807, 2.05) is 6.07 Å². The number of ether oxygens (including phenoxy) is 1. The van der Waals surface area contributed by atoms with Crippen LogP contribution in [-0.4, -0.2) is 75.4 Å². The van der Waals surface area contributed by atoms with Crippen LogP contribution in [0.4, 0.5) is 23.4 Å². The summed E-state index contributed by atoms with van der Waals surface area (Å²) in [5.41, 5.74) is -0.470. The lowest BCUT2D eigenvalue weighted by atomic mass is 9.94. The zero-order valence-corrected chi connectivity index (χ0v) is 24.9. The van der Waals surface area contributed by atoms with Crippen molar-refractivity contribution < 1.29 is 27.4 Å². The first-order valence-electron chi connectivity index (χ1n) is 15.7. The Morgan fingerprint density at radius 1 is 1.07 bits per heavy atom. The average Bonchev–Trinajstić information content (AvgIpc) is 3.61. The van der Waals surface area contributed by atoms with Crippen LogP contribution in [0.2, 0.25) is 0 Å². The lowest BCUT2D eigenvalue weighted by Gasteiger charge is -2.42. The van der Waals surface area contributed by atoms with Crippen molar-refractivity contribution in [3.05, 3.63) is 47.2 Å². The number of nitrogens with one attached hydrogen (secondary N) is 1. The lowest BCUT2D eigenvalue weighted by Crippen LogP contribution is -2.60. The number of aryl methyl sites for hydroxylation is 1. The van der Waals surface area contributed by atoms with Crippen molar-refractivity contribution in [2.24, 2.45) is 0 Å². The first-order chi connectivity index (χ1) is 22.3. The molecular formula is C33H31F4N7O2. The van der Waals surface area contributed by atoms with Gasteiger partial charge in [-0.2, -0.15) is 15.2 Å². The van der Waals surface area contributed by atoms with Crippen molar-refractivity contribution in [2.75, 3.05) is 31.1 Å². The molecule has 0 aliphatic carbocycles. The monoisotopic (exact) mass is 633 g/mol. The fourth-order valence-electron chi connectivity index (χ4n) is 8.05. The Hall–Kier alpha value is -4.28. The van der Waals surface area contributed by atoms with Gasteiger partial charge in [-0.3, -0.25) is 10.2 Å². The van der Waals surface area contributed by atoms with E-state index in [4.69, 9.17) is 4.74 Å². The predicted molar refractivity (Wildman–Crippen MR) is 162 cm³/mol. The molecule has 2 aromatic carbocycles. The number of pyridine rings is 1. The number of aromatic hydroxyl groups is 1. The number of alkyl halides is 2. The van der Waals surface area contributed by atoms with Gasteiger partial charge in [0.25, 0.3) is 0 Å². The fraction of sp³-hybridized carbons (Fsp3) is 0.455. The first-order valence-corrected chi connectivity index (χ1v) is 15.7. The molecule has 13 heteroatoms. The number of rotatable bonds is 4. The number of phenols is 1. The summed E-state index contributed by atoms with van der Waals surface area (Å²) < 4.78 is 68.1. The van der Waals surface area contributed by atoms with E-state index in [2.05, 4.69) is 25.2 Å². The van der Waals surface area contributed by atoms with Crippen LogP contribution in [0.15, 0.2) is 24.3 Å². The Labute approximate surface area is 261 Å². The zero-order chi connectivity index (χ0) is 31.7. The van der Waals surface area contributed by atoms with Crippen LogP contribution in [0.1, 0.15) is 49.8 Å². The molecule has 2 N–H and O–H groups in total. The third kappa shape index (κ3) is 4.52. The van der Waals surface area contributed by atoms with Gasteiger partial charge < -0.3 is 14.7 Å². The van der Waals surface area contributed by atoms with E-state index in [-0.39, 0.29) is 69.4 Å². The Morgan fingerprint density at radius 3 is 2.65 bits per heavy atom. The van der Waals surface area contributed by atoms with Gasteiger partial charge >= 0.3 is 6.01 Å². The van der Waals surface area contributed by atoms with Gasteiger partial charge in [-0.15, -0.1) is 0 Å². The minimum Gasteiger partial charge on any atom is -0.508 e. The SMILES string of the molecule is N#Cc1c(F)ccc2cc(O)cc(-c3nc4c5c(nc(OCC67CCCN6CCC7)nc5c3F)N3CC(F)NC(F)C3CCC4)c12. The highest BCUT2D eigenvalue weighted by Crippen LogP contribution is 2.43. The Morgan fingerprint density at radius 2 is 1.87 bits per heavy atom. The molecule has 3 saturated heterocycles. The maximum atomic E-state index is 17.0. The smallest absolute Gasteiger partial charge is 0.319 e. The molecule has 4 aromatic rings. The summed E-state index contributed by atoms with van der Waals surface area (Å²) in [5.74, 6) is -1.79. The number of nitrogens with zero attached hydrogens (tertiary/aromatic N) is 6. The second-order valence-electron chi connectivity index (χ2n) is 12.8. The molecule has 6 heterocycles. The molecule has 46 heavy (non-hydrogen) atoms. The van der Waals surface area contributed by atoms with Crippen molar-refractivity contribution in [1.82, 2.24) is 25.2 Å². The number of halogens is 4. The van der Waals surface area contributed by atoms with Crippen LogP contribution in [0.3, 0.4) is 0 Å². The lowest BCUT2D eigenvalue weighted by molar-refractivity contribution is 0.102. The summed E-state index contributed by atoms with van der Waals surface area (Å²) in [6.45, 7) is 2.01. The fourth-order valence-corrected chi connectivity index (χ4v) is 8.05. The molecule has 3 fully saturated rings. The molecule has 8 rings (SSSR count). The van der Waals surface area contributed by atoms with Gasteiger partial charge in [0, 0.05) is 10.9 Å². The number of piperazine rings is 1. The van der Waals surface area contributed by atoms with E-state index < -0.39 is 30.3 Å². The highest BCUT2D eigenvalue weighted by Gasteiger charge is 2.45. The van der Waals surface area contributed by atoms with Crippen LogP contribution in [0, 0.1) is 23.0 Å². The maximum absolute atomic E-state index is 17.0. The molecule has 9 nitrogen and oxygen atoms in total. The molecule has 0 spiro atoms. The summed E-state index contributed by atoms with van der Waals surface area (Å²) in [6, 6.07) is 6.11. The second-order valence-corrected chi connectivity index (χ2v) is 12.8. The molecular weight excluding hydrogens is 602 g/mol. The number of hydrogen-bond donors (Lipinski definition) is 2. The van der Waals surface area contributed by atoms with Gasteiger partial charge in [0.1, 0.15) is 41.3 Å². The predicted octanol–water partition coefficient (Wildman–Crippen LogP) is 5.41. The maximum Gasteiger partial charge on any atom is 0.319 e. The number of hydrogen-bond acceptors (Lipinski definition) is 9. The summed E-state index contributed by atoms with van der Waals surface area (Å²) in [5, 5.41) is 23.4. The van der Waals surface area contributed by atoms with Gasteiger partial charge in [-0.1, -0.05) is 6.07 Å². The number of aromatic nitrogens is 3. The van der Waals surface area contributed by atoms with E-state index in [1.165, 1.54) is 23.1 Å². The summed E-state index contributed by atoms with van der Waals surface area (Å²) in [6.07, 6.45) is 1.70. The van der Waals surface area contributed by atoms with Crippen LogP contribution >= 0.6 is 0 Å². The van der Waals surface area contributed by atoms with E-state index in [0.29, 0.717) is 30.3 Å². The number of fused-ring (bicyclic) bond motifs is 4. The number of anilines is 1. The normalized spacial score (nSPS) is 24.0. The summed E-state index contributed by atoms with van der Waals surface area (Å²) in [4.78, 5) is 17.8. The van der Waals surface area contributed by atoms with Gasteiger partial charge in [0.05, 0.1) is 34.8 Å². The highest BCUT2D eigenvalue weighted by molar-refractivity contribution is 6.03. The van der Waals surface area contributed by atoms with Crippen molar-refractivity contribution in [2.45, 2.75) is 69.1 Å². The van der Waals surface area contributed by atoms with Crippen molar-refractivity contribution in [1.29, 1.82) is 5.26 Å². The van der Waals surface area contributed by atoms with Crippen molar-refractivity contribution in [3.8, 4) is 29.1 Å². The van der Waals surface area contributed by atoms with Gasteiger partial charge in [-0.05, 0) is 81.6 Å². The molecule has 0 amide bonds. The molecule has 3 atom stereocenters. The van der Waals surface area contributed by atoms with Gasteiger partial charge in [0.2, 0.25) is 0 Å². The molecule has 4 aliphatic heterocycles. The van der Waals surface area contributed by atoms with E-state index in [1.54, 1.807) is 0 Å². The van der Waals surface area contributed by atoms with E-state index in [0.717, 1.165) is 44.8 Å². The molecule has 0 bridgehead atoms. The molecule has 4 aliphatic rings. The van der Waals surface area contributed by atoms with Crippen LogP contribution in [0.5, 0.6) is 11.8 Å². The number of benzene rings is 2. The Kier molecular flexibility index (Phi) is 6.92. The van der Waals surface area contributed by atoms with Gasteiger partial charge in [-0.25, -0.2) is 22.5 Å². The third-order valence-corrected chi connectivity index (χ3v) is 10.1. The highest BCUT2D eigenvalue weighted by atomic mass is 19.2. The minimum atomic E-state index is -1.69. The van der Waals surface area contributed by atoms with Gasteiger partial charge in [0.15, 0.2) is 18.4 Å². The molecule has 238 valence electrons.